The normalized spacial score (nSPS) is 55.7. The SMILES string of the molecule is C[C@]12CCC(=O)C=C1C[C@@H](O)[C@@H]1[C@@H]2CC[C@@]2(C)[C@H]1CC[C@]2(C)O. The summed E-state index contributed by atoms with van der Waals surface area (Å²) in [6.07, 6.45) is 7.69. The fourth-order valence-electron chi connectivity index (χ4n) is 6.77. The molecule has 23 heavy (non-hydrogen) atoms. The second-order valence-electron chi connectivity index (χ2n) is 9.38. The Bertz CT molecular complexity index is 577. The Morgan fingerprint density at radius 3 is 2.52 bits per heavy atom. The zero-order valence-corrected chi connectivity index (χ0v) is 14.6. The first-order valence-electron chi connectivity index (χ1n) is 9.33. The van der Waals surface area contributed by atoms with Gasteiger partial charge in [0.25, 0.3) is 0 Å². The Balaban J connectivity index is 1.74. The van der Waals surface area contributed by atoms with Crippen LogP contribution in [0.2, 0.25) is 0 Å². The lowest BCUT2D eigenvalue weighted by atomic mass is 9.46. The second kappa shape index (κ2) is 4.70. The zero-order valence-electron chi connectivity index (χ0n) is 14.6. The van der Waals surface area contributed by atoms with E-state index in [1.54, 1.807) is 0 Å². The summed E-state index contributed by atoms with van der Waals surface area (Å²) in [6.45, 7) is 6.56. The summed E-state index contributed by atoms with van der Waals surface area (Å²) in [7, 11) is 0. The molecule has 0 radical (unpaired) electrons. The molecule has 0 spiro atoms. The molecule has 4 rings (SSSR count). The van der Waals surface area contributed by atoms with Crippen LogP contribution in [0.15, 0.2) is 11.6 Å². The smallest absolute Gasteiger partial charge is 0.155 e. The molecule has 0 aromatic rings. The van der Waals surface area contributed by atoms with Gasteiger partial charge in [-0.1, -0.05) is 19.4 Å². The molecule has 2 N–H and O–H groups in total. The van der Waals surface area contributed by atoms with Gasteiger partial charge in [-0.3, -0.25) is 4.79 Å². The number of carbonyl (C=O) groups is 1. The molecule has 0 bridgehead atoms. The first kappa shape index (κ1) is 15.8. The number of carbonyl (C=O) groups excluding carboxylic acids is 1. The maximum Gasteiger partial charge on any atom is 0.155 e. The van der Waals surface area contributed by atoms with Crippen LogP contribution in [0, 0.1) is 28.6 Å². The van der Waals surface area contributed by atoms with Crippen LogP contribution < -0.4 is 0 Å². The molecule has 3 fully saturated rings. The lowest BCUT2D eigenvalue weighted by Crippen LogP contribution is -2.57. The van der Waals surface area contributed by atoms with E-state index in [4.69, 9.17) is 0 Å². The number of fused-ring (bicyclic) bond motifs is 5. The van der Waals surface area contributed by atoms with Gasteiger partial charge in [0.05, 0.1) is 11.7 Å². The molecule has 3 saturated carbocycles. The van der Waals surface area contributed by atoms with Crippen molar-refractivity contribution in [3.05, 3.63) is 11.6 Å². The minimum Gasteiger partial charge on any atom is -0.392 e. The lowest BCUT2D eigenvalue weighted by molar-refractivity contribution is -0.147. The molecule has 3 nitrogen and oxygen atoms in total. The van der Waals surface area contributed by atoms with Crippen LogP contribution in [0.5, 0.6) is 0 Å². The summed E-state index contributed by atoms with van der Waals surface area (Å²) in [6, 6.07) is 0. The number of ketones is 1. The number of rotatable bonds is 0. The largest absolute Gasteiger partial charge is 0.392 e. The second-order valence-corrected chi connectivity index (χ2v) is 9.38. The quantitative estimate of drug-likeness (QED) is 0.721. The van der Waals surface area contributed by atoms with Gasteiger partial charge >= 0.3 is 0 Å². The van der Waals surface area contributed by atoms with Crippen LogP contribution in [-0.4, -0.2) is 27.7 Å². The van der Waals surface area contributed by atoms with Crippen molar-refractivity contribution in [2.24, 2.45) is 28.6 Å². The van der Waals surface area contributed by atoms with E-state index in [2.05, 4.69) is 13.8 Å². The molecular formula is C20H30O3. The predicted octanol–water partition coefficient (Wildman–Crippen LogP) is 3.24. The molecular weight excluding hydrogens is 288 g/mol. The monoisotopic (exact) mass is 318 g/mol. The fraction of sp³-hybridized carbons (Fsp3) is 0.850. The summed E-state index contributed by atoms with van der Waals surface area (Å²) in [5, 5.41) is 21.9. The third kappa shape index (κ3) is 1.93. The van der Waals surface area contributed by atoms with E-state index in [0.717, 1.165) is 32.1 Å². The van der Waals surface area contributed by atoms with Gasteiger partial charge in [-0.2, -0.15) is 0 Å². The first-order chi connectivity index (χ1) is 10.7. The van der Waals surface area contributed by atoms with E-state index in [-0.39, 0.29) is 28.6 Å². The van der Waals surface area contributed by atoms with Crippen molar-refractivity contribution in [2.75, 3.05) is 0 Å². The summed E-state index contributed by atoms with van der Waals surface area (Å²) in [5.41, 5.74) is 0.586. The molecule has 4 aliphatic carbocycles. The Morgan fingerprint density at radius 1 is 1.09 bits per heavy atom. The van der Waals surface area contributed by atoms with Gasteiger partial charge < -0.3 is 10.2 Å². The topological polar surface area (TPSA) is 57.5 Å². The third-order valence-electron chi connectivity index (χ3n) is 8.55. The molecule has 0 aliphatic heterocycles. The highest BCUT2D eigenvalue weighted by atomic mass is 16.3. The molecule has 0 saturated heterocycles. The van der Waals surface area contributed by atoms with Gasteiger partial charge in [0.15, 0.2) is 5.78 Å². The molecule has 0 aromatic carbocycles. The third-order valence-corrected chi connectivity index (χ3v) is 8.55. The number of aliphatic hydroxyl groups excluding tert-OH is 1. The van der Waals surface area contributed by atoms with Gasteiger partial charge in [0.2, 0.25) is 0 Å². The average molecular weight is 318 g/mol. The van der Waals surface area contributed by atoms with Gasteiger partial charge in [-0.15, -0.1) is 0 Å². The van der Waals surface area contributed by atoms with Crippen molar-refractivity contribution in [2.45, 2.75) is 77.4 Å². The Hall–Kier alpha value is -0.670. The molecule has 128 valence electrons. The number of hydrogen-bond acceptors (Lipinski definition) is 3. The van der Waals surface area contributed by atoms with Crippen LogP contribution in [0.4, 0.5) is 0 Å². The van der Waals surface area contributed by atoms with Gasteiger partial charge in [-0.05, 0) is 80.1 Å². The molecule has 0 unspecified atom stereocenters. The molecule has 4 aliphatic rings. The standard InChI is InChI=1S/C20H30O3/c1-18-7-4-13(21)10-12(18)11-16(22)17-14(18)5-8-19(2)15(17)6-9-20(19,3)23/h10,14-17,22-23H,4-9,11H2,1-3H3/t14-,15-,16+,17+,18-,19-,20-/m0/s1. The van der Waals surface area contributed by atoms with Gasteiger partial charge in [0, 0.05) is 6.42 Å². The highest BCUT2D eigenvalue weighted by molar-refractivity contribution is 5.91. The first-order valence-corrected chi connectivity index (χ1v) is 9.33. The molecule has 0 aromatic heterocycles. The van der Waals surface area contributed by atoms with Gasteiger partial charge in [0.1, 0.15) is 0 Å². The van der Waals surface area contributed by atoms with E-state index in [1.165, 1.54) is 5.57 Å². The van der Waals surface area contributed by atoms with Gasteiger partial charge in [-0.25, -0.2) is 0 Å². The molecule has 0 amide bonds. The predicted molar refractivity (Wildman–Crippen MR) is 88.7 cm³/mol. The summed E-state index contributed by atoms with van der Waals surface area (Å²) in [4.78, 5) is 11.9. The van der Waals surface area contributed by atoms with Crippen LogP contribution in [0.25, 0.3) is 0 Å². The van der Waals surface area contributed by atoms with Crippen LogP contribution in [0.1, 0.15) is 65.7 Å². The zero-order chi connectivity index (χ0) is 16.6. The maximum atomic E-state index is 11.9. The number of hydrogen-bond donors (Lipinski definition) is 2. The van der Waals surface area contributed by atoms with Crippen molar-refractivity contribution in [3.8, 4) is 0 Å². The maximum absolute atomic E-state index is 11.9. The average Bonchev–Trinajstić information content (AvgIpc) is 2.72. The van der Waals surface area contributed by atoms with E-state index in [9.17, 15) is 15.0 Å². The van der Waals surface area contributed by atoms with E-state index >= 15 is 0 Å². The Labute approximate surface area is 139 Å². The van der Waals surface area contributed by atoms with Crippen molar-refractivity contribution < 1.29 is 15.0 Å². The minimum atomic E-state index is -0.609. The van der Waals surface area contributed by atoms with Crippen LogP contribution in [-0.2, 0) is 4.79 Å². The lowest BCUT2D eigenvalue weighted by Gasteiger charge is -2.60. The highest BCUT2D eigenvalue weighted by Gasteiger charge is 2.64. The van der Waals surface area contributed by atoms with Crippen LogP contribution in [0.3, 0.4) is 0 Å². The van der Waals surface area contributed by atoms with Crippen LogP contribution >= 0.6 is 0 Å². The van der Waals surface area contributed by atoms with Crippen molar-refractivity contribution >= 4 is 5.78 Å². The fourth-order valence-corrected chi connectivity index (χ4v) is 6.77. The molecule has 0 heterocycles. The summed E-state index contributed by atoms with van der Waals surface area (Å²) >= 11 is 0. The highest BCUT2D eigenvalue weighted by Crippen LogP contribution is 2.67. The Morgan fingerprint density at radius 2 is 1.78 bits per heavy atom. The minimum absolute atomic E-state index is 0.0722. The van der Waals surface area contributed by atoms with Crippen molar-refractivity contribution in [1.82, 2.24) is 0 Å². The summed E-state index contributed by atoms with van der Waals surface area (Å²) < 4.78 is 0. The molecule has 3 heteroatoms. The van der Waals surface area contributed by atoms with Crippen molar-refractivity contribution in [3.63, 3.8) is 0 Å². The Kier molecular flexibility index (Phi) is 3.23. The van der Waals surface area contributed by atoms with E-state index < -0.39 is 5.60 Å². The molecule has 7 atom stereocenters. The van der Waals surface area contributed by atoms with E-state index in [0.29, 0.717) is 24.7 Å². The van der Waals surface area contributed by atoms with Crippen molar-refractivity contribution in [1.29, 1.82) is 0 Å². The number of aliphatic hydroxyl groups is 2. The summed E-state index contributed by atoms with van der Waals surface area (Å²) in [5.74, 6) is 1.37. The van der Waals surface area contributed by atoms with E-state index in [1.807, 2.05) is 13.0 Å².